The maximum absolute atomic E-state index is 11.0. The van der Waals surface area contributed by atoms with Crippen LogP contribution in [0.2, 0.25) is 0 Å². The van der Waals surface area contributed by atoms with Gasteiger partial charge < -0.3 is 25.1 Å². The topological polar surface area (TPSA) is 88.3 Å². The molecular weight excluding hydrogens is 332 g/mol. The lowest BCUT2D eigenvalue weighted by molar-refractivity contribution is 0.0463. The lowest BCUT2D eigenvalue weighted by Gasteiger charge is -2.19. The van der Waals surface area contributed by atoms with Crippen molar-refractivity contribution in [1.82, 2.24) is 20.6 Å². The Labute approximate surface area is 154 Å². The summed E-state index contributed by atoms with van der Waals surface area (Å²) in [7, 11) is 1.58. The molecule has 0 bridgehead atoms. The van der Waals surface area contributed by atoms with Crippen LogP contribution in [0.1, 0.15) is 28.3 Å². The van der Waals surface area contributed by atoms with Crippen LogP contribution < -0.4 is 10.6 Å². The van der Waals surface area contributed by atoms with Crippen LogP contribution in [0, 0.1) is 13.8 Å². The maximum Gasteiger partial charge on any atom is 0.314 e. The molecule has 0 spiro atoms. The second-order valence-electron chi connectivity index (χ2n) is 6.04. The summed E-state index contributed by atoms with van der Waals surface area (Å²) in [6.07, 6.45) is 3.53. The molecule has 2 amide bonds. The first kappa shape index (κ1) is 19.9. The van der Waals surface area contributed by atoms with E-state index in [2.05, 4.69) is 52.6 Å². The van der Waals surface area contributed by atoms with Gasteiger partial charge in [-0.3, -0.25) is 0 Å². The molecule has 7 nitrogen and oxygen atoms in total. The molecule has 0 aliphatic rings. The first-order valence-corrected chi connectivity index (χ1v) is 8.79. The quantitative estimate of drug-likeness (QED) is 0.566. The van der Waals surface area contributed by atoms with E-state index in [0.717, 1.165) is 5.69 Å². The van der Waals surface area contributed by atoms with Crippen LogP contribution in [0.4, 0.5) is 4.79 Å². The Morgan fingerprint density at radius 3 is 2.77 bits per heavy atom. The first-order chi connectivity index (χ1) is 12.6. The third-order valence-electron chi connectivity index (χ3n) is 4.33. The summed E-state index contributed by atoms with van der Waals surface area (Å²) in [6.45, 7) is 6.71. The lowest BCUT2D eigenvalue weighted by Crippen LogP contribution is -2.35. The van der Waals surface area contributed by atoms with Gasteiger partial charge in [-0.1, -0.05) is 18.2 Å². The molecule has 1 heterocycles. The average Bonchev–Trinajstić information content (AvgIpc) is 3.17. The number of rotatable bonds is 10. The van der Waals surface area contributed by atoms with Crippen LogP contribution in [-0.4, -0.2) is 56.0 Å². The van der Waals surface area contributed by atoms with Crippen molar-refractivity contribution in [2.75, 3.05) is 40.0 Å². The zero-order chi connectivity index (χ0) is 18.8. The predicted molar refractivity (Wildman–Crippen MR) is 100 cm³/mol. The number of carbonyl (C=O) groups is 1. The zero-order valence-corrected chi connectivity index (χ0v) is 15.7. The third-order valence-corrected chi connectivity index (χ3v) is 4.33. The van der Waals surface area contributed by atoms with Gasteiger partial charge in [0.15, 0.2) is 0 Å². The summed E-state index contributed by atoms with van der Waals surface area (Å²) in [5.41, 5.74) is 4.81. The molecule has 1 atom stereocenters. The van der Waals surface area contributed by atoms with Gasteiger partial charge in [0.05, 0.1) is 32.8 Å². The van der Waals surface area contributed by atoms with Crippen molar-refractivity contribution in [3.8, 4) is 0 Å². The smallest absolute Gasteiger partial charge is 0.314 e. The van der Waals surface area contributed by atoms with Crippen molar-refractivity contribution < 1.29 is 14.3 Å². The van der Waals surface area contributed by atoms with Gasteiger partial charge in [-0.15, -0.1) is 0 Å². The fraction of sp³-hybridized carbons (Fsp3) is 0.474. The van der Waals surface area contributed by atoms with Crippen LogP contribution in [0.3, 0.4) is 0 Å². The third kappa shape index (κ3) is 5.86. The molecule has 2 rings (SSSR count). The summed E-state index contributed by atoms with van der Waals surface area (Å²) < 4.78 is 11.3. The van der Waals surface area contributed by atoms with Gasteiger partial charge in [-0.05, 0) is 30.5 Å². The van der Waals surface area contributed by atoms with Gasteiger partial charge in [0.1, 0.15) is 0 Å². The molecule has 0 saturated heterocycles. The molecule has 1 aromatic heterocycles. The van der Waals surface area contributed by atoms with Crippen LogP contribution in [-0.2, 0) is 9.47 Å². The number of aryl methyl sites for hydroxylation is 1. The maximum atomic E-state index is 11.0. The molecule has 0 saturated carbocycles. The van der Waals surface area contributed by atoms with Gasteiger partial charge in [-0.2, -0.15) is 0 Å². The number of nitrogens with zero attached hydrogens (tertiary/aromatic N) is 1. The van der Waals surface area contributed by atoms with E-state index in [1.54, 1.807) is 13.4 Å². The zero-order valence-electron chi connectivity index (χ0n) is 15.7. The lowest BCUT2D eigenvalue weighted by atomic mass is 9.91. The SMILES string of the molecule is CNC(=O)NCCOCCOCC(c1cnc[nH]1)c1cccc(C)c1C. The molecule has 2 aromatic rings. The Morgan fingerprint density at radius 1 is 1.23 bits per heavy atom. The Hall–Kier alpha value is -2.38. The summed E-state index contributed by atoms with van der Waals surface area (Å²) in [4.78, 5) is 18.4. The summed E-state index contributed by atoms with van der Waals surface area (Å²) in [5.74, 6) is 0.104. The number of urea groups is 1. The van der Waals surface area contributed by atoms with Crippen molar-refractivity contribution >= 4 is 6.03 Å². The van der Waals surface area contributed by atoms with Crippen molar-refractivity contribution in [3.63, 3.8) is 0 Å². The minimum absolute atomic E-state index is 0.104. The number of amides is 2. The monoisotopic (exact) mass is 360 g/mol. The van der Waals surface area contributed by atoms with E-state index in [9.17, 15) is 4.79 Å². The molecule has 3 N–H and O–H groups in total. The molecule has 26 heavy (non-hydrogen) atoms. The number of H-pyrrole nitrogens is 1. The minimum atomic E-state index is -0.208. The van der Waals surface area contributed by atoms with E-state index in [-0.39, 0.29) is 11.9 Å². The number of benzene rings is 1. The highest BCUT2D eigenvalue weighted by atomic mass is 16.5. The molecule has 7 heteroatoms. The standard InChI is InChI=1S/C19H28N4O3/c1-14-5-4-6-16(15(14)2)17(18-11-21-13-23-18)12-26-10-9-25-8-7-22-19(24)20-3/h4-6,11,13,17H,7-10,12H2,1-3H3,(H,21,23)(H2,20,22,24). The van der Waals surface area contributed by atoms with Crippen molar-refractivity contribution in [1.29, 1.82) is 0 Å². The van der Waals surface area contributed by atoms with E-state index >= 15 is 0 Å². The van der Waals surface area contributed by atoms with Gasteiger partial charge in [-0.25, -0.2) is 9.78 Å². The molecule has 1 aromatic carbocycles. The molecule has 0 radical (unpaired) electrons. The summed E-state index contributed by atoms with van der Waals surface area (Å²) in [5, 5.41) is 5.15. The molecule has 0 aliphatic heterocycles. The Morgan fingerprint density at radius 2 is 2.04 bits per heavy atom. The first-order valence-electron chi connectivity index (χ1n) is 8.79. The molecular formula is C19H28N4O3. The van der Waals surface area contributed by atoms with Gasteiger partial charge in [0.2, 0.25) is 0 Å². The number of aromatic nitrogens is 2. The van der Waals surface area contributed by atoms with Crippen LogP contribution >= 0.6 is 0 Å². The summed E-state index contributed by atoms with van der Waals surface area (Å²) in [6, 6.07) is 6.12. The van der Waals surface area contributed by atoms with Crippen LogP contribution in [0.15, 0.2) is 30.7 Å². The number of nitrogens with one attached hydrogen (secondary N) is 3. The predicted octanol–water partition coefficient (Wildman–Crippen LogP) is 2.12. The fourth-order valence-corrected chi connectivity index (χ4v) is 2.70. The molecule has 1 unspecified atom stereocenters. The number of hydrogen-bond donors (Lipinski definition) is 3. The van der Waals surface area contributed by atoms with E-state index < -0.39 is 0 Å². The highest BCUT2D eigenvalue weighted by molar-refractivity contribution is 5.73. The molecule has 0 fully saturated rings. The van der Waals surface area contributed by atoms with Crippen LogP contribution in [0.25, 0.3) is 0 Å². The van der Waals surface area contributed by atoms with Gasteiger partial charge in [0.25, 0.3) is 0 Å². The van der Waals surface area contributed by atoms with E-state index in [1.807, 2.05) is 6.20 Å². The Kier molecular flexibility index (Phi) is 8.11. The van der Waals surface area contributed by atoms with E-state index in [0.29, 0.717) is 33.0 Å². The average molecular weight is 360 g/mol. The Bertz CT molecular complexity index is 673. The van der Waals surface area contributed by atoms with Crippen molar-refractivity contribution in [2.24, 2.45) is 0 Å². The number of aromatic amines is 1. The fourth-order valence-electron chi connectivity index (χ4n) is 2.70. The minimum Gasteiger partial charge on any atom is -0.378 e. The number of hydrogen-bond acceptors (Lipinski definition) is 4. The number of imidazole rings is 1. The molecule has 142 valence electrons. The largest absolute Gasteiger partial charge is 0.378 e. The second kappa shape index (κ2) is 10.6. The summed E-state index contributed by atoms with van der Waals surface area (Å²) >= 11 is 0. The van der Waals surface area contributed by atoms with Gasteiger partial charge in [0, 0.05) is 31.4 Å². The van der Waals surface area contributed by atoms with Gasteiger partial charge >= 0.3 is 6.03 Å². The van der Waals surface area contributed by atoms with Crippen LogP contribution in [0.5, 0.6) is 0 Å². The second-order valence-corrected chi connectivity index (χ2v) is 6.04. The number of carbonyl (C=O) groups excluding carboxylic acids is 1. The normalized spacial score (nSPS) is 12.0. The van der Waals surface area contributed by atoms with E-state index in [4.69, 9.17) is 9.47 Å². The number of ether oxygens (including phenoxy) is 2. The Balaban J connectivity index is 1.80. The highest BCUT2D eigenvalue weighted by Crippen LogP contribution is 2.27. The highest BCUT2D eigenvalue weighted by Gasteiger charge is 2.18. The van der Waals surface area contributed by atoms with E-state index in [1.165, 1.54) is 16.7 Å². The molecule has 0 aliphatic carbocycles. The van der Waals surface area contributed by atoms with Crippen molar-refractivity contribution in [3.05, 3.63) is 53.1 Å². The van der Waals surface area contributed by atoms with Crippen molar-refractivity contribution in [2.45, 2.75) is 19.8 Å².